The fourth-order valence-electron chi connectivity index (χ4n) is 4.89. The van der Waals surface area contributed by atoms with E-state index in [4.69, 9.17) is 11.5 Å². The zero-order valence-electron chi connectivity index (χ0n) is 13.4. The second-order valence-corrected chi connectivity index (χ2v) is 8.01. The number of hydrogen-bond donors (Lipinski definition) is 2. The molecule has 0 radical (unpaired) electrons. The minimum absolute atomic E-state index is 0.294. The molecule has 2 heteroatoms. The van der Waals surface area contributed by atoms with Gasteiger partial charge in [0.25, 0.3) is 0 Å². The van der Waals surface area contributed by atoms with E-state index in [-0.39, 0.29) is 0 Å². The fraction of sp³-hybridized carbons (Fsp3) is 1.00. The molecule has 0 amide bonds. The Hall–Kier alpha value is -0.0800. The maximum atomic E-state index is 6.55. The molecule has 0 aromatic heterocycles. The summed E-state index contributed by atoms with van der Waals surface area (Å²) < 4.78 is 0. The zero-order valence-corrected chi connectivity index (χ0v) is 13.4. The van der Waals surface area contributed by atoms with Crippen LogP contribution in [0.5, 0.6) is 0 Å². The maximum absolute atomic E-state index is 6.55. The molecule has 2 saturated carbocycles. The van der Waals surface area contributed by atoms with Gasteiger partial charge >= 0.3 is 0 Å². The fourth-order valence-corrected chi connectivity index (χ4v) is 4.89. The average molecular weight is 266 g/mol. The Labute approximate surface area is 119 Å². The zero-order chi connectivity index (χ0) is 14.2. The molecule has 0 heterocycles. The van der Waals surface area contributed by atoms with Gasteiger partial charge in [0.05, 0.1) is 0 Å². The first-order valence-electron chi connectivity index (χ1n) is 8.37. The molecule has 2 rings (SSSR count). The van der Waals surface area contributed by atoms with Crippen molar-refractivity contribution in [3.05, 3.63) is 0 Å². The van der Waals surface area contributed by atoms with Crippen molar-refractivity contribution >= 4 is 0 Å². The van der Waals surface area contributed by atoms with Gasteiger partial charge in [0.2, 0.25) is 0 Å². The highest BCUT2D eigenvalue weighted by Gasteiger charge is 2.46. The molecule has 6 atom stereocenters. The lowest BCUT2D eigenvalue weighted by Crippen LogP contribution is -2.54. The van der Waals surface area contributed by atoms with Gasteiger partial charge in [-0.3, -0.25) is 0 Å². The van der Waals surface area contributed by atoms with Gasteiger partial charge in [0.1, 0.15) is 0 Å². The van der Waals surface area contributed by atoms with E-state index >= 15 is 0 Å². The third-order valence-electron chi connectivity index (χ3n) is 6.50. The first-order valence-corrected chi connectivity index (χ1v) is 8.37. The lowest BCUT2D eigenvalue weighted by atomic mass is 9.56. The smallest absolute Gasteiger partial charge is 0.00982 e. The Kier molecular flexibility index (Phi) is 4.62. The van der Waals surface area contributed by atoms with E-state index in [0.29, 0.717) is 41.2 Å². The molecule has 0 aromatic rings. The van der Waals surface area contributed by atoms with E-state index in [2.05, 4.69) is 27.7 Å². The highest BCUT2D eigenvalue weighted by molar-refractivity contribution is 4.99. The summed E-state index contributed by atoms with van der Waals surface area (Å²) in [5.41, 5.74) is 13.4. The second kappa shape index (κ2) is 5.73. The minimum atomic E-state index is 0.294. The van der Waals surface area contributed by atoms with E-state index in [1.54, 1.807) is 0 Å². The third kappa shape index (κ3) is 2.85. The summed E-state index contributed by atoms with van der Waals surface area (Å²) >= 11 is 0. The summed E-state index contributed by atoms with van der Waals surface area (Å²) in [7, 11) is 0. The Morgan fingerprint density at radius 2 is 1.11 bits per heavy atom. The molecule has 19 heavy (non-hydrogen) atoms. The van der Waals surface area contributed by atoms with Gasteiger partial charge in [0, 0.05) is 12.1 Å². The van der Waals surface area contributed by atoms with Gasteiger partial charge in [0.15, 0.2) is 0 Å². The molecule has 112 valence electrons. The Bertz CT molecular complexity index is 272. The van der Waals surface area contributed by atoms with Crippen molar-refractivity contribution in [2.75, 3.05) is 0 Å². The van der Waals surface area contributed by atoms with Crippen molar-refractivity contribution in [1.82, 2.24) is 0 Å². The van der Waals surface area contributed by atoms with E-state index in [1.165, 1.54) is 38.5 Å². The molecule has 0 bridgehead atoms. The predicted octanol–water partition coefficient (Wildman–Crippen LogP) is 3.54. The minimum Gasteiger partial charge on any atom is -0.327 e. The molecule has 2 aliphatic carbocycles. The van der Waals surface area contributed by atoms with Gasteiger partial charge in [-0.25, -0.2) is 0 Å². The predicted molar refractivity (Wildman–Crippen MR) is 82.7 cm³/mol. The molecule has 2 aliphatic rings. The molecule has 0 saturated heterocycles. The van der Waals surface area contributed by atoms with Gasteiger partial charge in [-0.1, -0.05) is 40.5 Å². The van der Waals surface area contributed by atoms with Crippen LogP contribution in [0.4, 0.5) is 0 Å². The largest absolute Gasteiger partial charge is 0.327 e. The van der Waals surface area contributed by atoms with Crippen LogP contribution in [0.15, 0.2) is 0 Å². The van der Waals surface area contributed by atoms with E-state index in [0.717, 1.165) is 0 Å². The molecule has 0 aliphatic heterocycles. The standard InChI is InChI=1S/C17H34N2/c1-11-7-5-9-13(15(11)18)17(3,4)14-10-6-8-12(2)16(14)19/h11-16H,5-10,18-19H2,1-4H3. The normalized spacial score (nSPS) is 45.2. The summed E-state index contributed by atoms with van der Waals surface area (Å²) in [6, 6.07) is 0.737. The number of nitrogens with two attached hydrogens (primary N) is 2. The molecule has 4 N–H and O–H groups in total. The second-order valence-electron chi connectivity index (χ2n) is 8.01. The number of hydrogen-bond acceptors (Lipinski definition) is 2. The monoisotopic (exact) mass is 266 g/mol. The average Bonchev–Trinajstić information content (AvgIpc) is 2.35. The summed E-state index contributed by atoms with van der Waals surface area (Å²) in [6.45, 7) is 9.54. The van der Waals surface area contributed by atoms with Gasteiger partial charge in [-0.05, 0) is 54.8 Å². The summed E-state index contributed by atoms with van der Waals surface area (Å²) in [6.07, 6.45) is 7.91. The first-order chi connectivity index (χ1) is 8.85. The van der Waals surface area contributed by atoms with Gasteiger partial charge in [-0.2, -0.15) is 0 Å². The molecular formula is C17H34N2. The highest BCUT2D eigenvalue weighted by Crippen LogP contribution is 2.49. The maximum Gasteiger partial charge on any atom is 0.00982 e. The molecule has 0 spiro atoms. The Morgan fingerprint density at radius 1 is 0.737 bits per heavy atom. The van der Waals surface area contributed by atoms with E-state index in [9.17, 15) is 0 Å². The Morgan fingerprint density at radius 3 is 1.47 bits per heavy atom. The summed E-state index contributed by atoms with van der Waals surface area (Å²) in [4.78, 5) is 0. The highest BCUT2D eigenvalue weighted by atomic mass is 14.7. The SMILES string of the molecule is CC1CCCC(C(C)(C)C2CCCC(C)C2N)C1N. The summed E-state index contributed by atoms with van der Waals surface area (Å²) in [5, 5.41) is 0. The van der Waals surface area contributed by atoms with Crippen LogP contribution in [0.1, 0.15) is 66.2 Å². The van der Waals surface area contributed by atoms with Crippen molar-refractivity contribution < 1.29 is 0 Å². The van der Waals surface area contributed by atoms with Crippen LogP contribution < -0.4 is 11.5 Å². The van der Waals surface area contributed by atoms with E-state index < -0.39 is 0 Å². The van der Waals surface area contributed by atoms with Gasteiger partial charge < -0.3 is 11.5 Å². The van der Waals surface area contributed by atoms with Crippen molar-refractivity contribution in [2.45, 2.75) is 78.3 Å². The molecule has 2 fully saturated rings. The topological polar surface area (TPSA) is 52.0 Å². The van der Waals surface area contributed by atoms with Crippen molar-refractivity contribution in [2.24, 2.45) is 40.6 Å². The Balaban J connectivity index is 2.15. The van der Waals surface area contributed by atoms with Crippen LogP contribution in [-0.4, -0.2) is 12.1 Å². The van der Waals surface area contributed by atoms with Crippen molar-refractivity contribution in [3.63, 3.8) is 0 Å². The summed E-state index contributed by atoms with van der Waals surface area (Å²) in [5.74, 6) is 2.65. The van der Waals surface area contributed by atoms with Crippen LogP contribution >= 0.6 is 0 Å². The lowest BCUT2D eigenvalue weighted by Gasteiger charge is -2.51. The van der Waals surface area contributed by atoms with Crippen LogP contribution in [-0.2, 0) is 0 Å². The van der Waals surface area contributed by atoms with E-state index in [1.807, 2.05) is 0 Å². The van der Waals surface area contributed by atoms with Crippen LogP contribution in [0.2, 0.25) is 0 Å². The molecule has 0 aromatic carbocycles. The van der Waals surface area contributed by atoms with Crippen molar-refractivity contribution in [1.29, 1.82) is 0 Å². The van der Waals surface area contributed by atoms with Crippen LogP contribution in [0, 0.1) is 29.1 Å². The lowest BCUT2D eigenvalue weighted by molar-refractivity contribution is 0.00873. The molecule has 6 unspecified atom stereocenters. The third-order valence-corrected chi connectivity index (χ3v) is 6.50. The number of rotatable bonds is 2. The van der Waals surface area contributed by atoms with Crippen LogP contribution in [0.3, 0.4) is 0 Å². The molecule has 2 nitrogen and oxygen atoms in total. The molecular weight excluding hydrogens is 232 g/mol. The van der Waals surface area contributed by atoms with Crippen LogP contribution in [0.25, 0.3) is 0 Å². The van der Waals surface area contributed by atoms with Gasteiger partial charge in [-0.15, -0.1) is 0 Å². The first kappa shape index (κ1) is 15.3. The van der Waals surface area contributed by atoms with Crippen molar-refractivity contribution in [3.8, 4) is 0 Å². The quantitative estimate of drug-likeness (QED) is 0.803.